The summed E-state index contributed by atoms with van der Waals surface area (Å²) in [5.74, 6) is -0.304. The summed E-state index contributed by atoms with van der Waals surface area (Å²) >= 11 is 0. The van der Waals surface area contributed by atoms with Crippen LogP contribution in [0.3, 0.4) is 0 Å². The van der Waals surface area contributed by atoms with Gasteiger partial charge in [0, 0.05) is 20.1 Å². The molecular weight excluding hydrogens is 409 g/mol. The highest BCUT2D eigenvalue weighted by Crippen LogP contribution is 2.38. The quantitative estimate of drug-likeness (QED) is 0.657. The summed E-state index contributed by atoms with van der Waals surface area (Å²) in [4.78, 5) is 31.6. The maximum Gasteiger partial charge on any atom is 0.291 e. The van der Waals surface area contributed by atoms with Gasteiger partial charge in [0.2, 0.25) is 11.7 Å². The molecule has 1 N–H and O–H groups in total. The number of halogens is 1. The molecule has 32 heavy (non-hydrogen) atoms. The number of oxazole rings is 1. The number of amides is 2. The van der Waals surface area contributed by atoms with Gasteiger partial charge in [0.05, 0.1) is 11.1 Å². The molecule has 1 saturated heterocycles. The van der Waals surface area contributed by atoms with E-state index in [1.54, 1.807) is 24.9 Å². The molecule has 1 aromatic heterocycles. The normalized spacial score (nSPS) is 15.4. The van der Waals surface area contributed by atoms with Crippen LogP contribution in [0.4, 0.5) is 4.39 Å². The van der Waals surface area contributed by atoms with Crippen LogP contribution in [0.25, 0.3) is 11.1 Å². The molecule has 0 saturated carbocycles. The van der Waals surface area contributed by atoms with Crippen molar-refractivity contribution in [2.24, 2.45) is 5.41 Å². The Balaban J connectivity index is 1.59. The second-order valence-electron chi connectivity index (χ2n) is 8.26. The van der Waals surface area contributed by atoms with Crippen LogP contribution >= 0.6 is 0 Å². The van der Waals surface area contributed by atoms with E-state index in [2.05, 4.69) is 10.3 Å². The Kier molecular flexibility index (Phi) is 6.08. The van der Waals surface area contributed by atoms with Crippen molar-refractivity contribution in [2.75, 3.05) is 20.1 Å². The Labute approximate surface area is 186 Å². The maximum absolute atomic E-state index is 13.9. The Morgan fingerprint density at radius 1 is 1.16 bits per heavy atom. The standard InChI is InChI=1S/C25H26FN3O3/c1-17-22(32-16-28-17)23(30)29-12-10-25(11-13-29,24(31)27-2)15-19-6-3-4-9-21(19)18-7-5-8-20(26)14-18/h3-9,14,16H,10-13,15H2,1-2H3,(H,27,31). The summed E-state index contributed by atoms with van der Waals surface area (Å²) in [5, 5.41) is 2.81. The Morgan fingerprint density at radius 3 is 2.56 bits per heavy atom. The molecule has 0 unspecified atom stereocenters. The van der Waals surface area contributed by atoms with Crippen molar-refractivity contribution in [3.8, 4) is 11.1 Å². The zero-order valence-electron chi connectivity index (χ0n) is 18.2. The number of carbonyl (C=O) groups excluding carboxylic acids is 2. The second kappa shape index (κ2) is 8.94. The first-order chi connectivity index (χ1) is 15.4. The molecule has 166 valence electrons. The van der Waals surface area contributed by atoms with Crippen molar-refractivity contribution in [1.29, 1.82) is 0 Å². The van der Waals surface area contributed by atoms with Gasteiger partial charge in [-0.2, -0.15) is 0 Å². The predicted molar refractivity (Wildman–Crippen MR) is 118 cm³/mol. The fourth-order valence-corrected chi connectivity index (χ4v) is 4.51. The molecule has 1 aliphatic heterocycles. The molecule has 2 amide bonds. The summed E-state index contributed by atoms with van der Waals surface area (Å²) < 4.78 is 19.1. The fourth-order valence-electron chi connectivity index (χ4n) is 4.51. The predicted octanol–water partition coefficient (Wildman–Crippen LogP) is 4.00. The van der Waals surface area contributed by atoms with Gasteiger partial charge in [0.15, 0.2) is 6.39 Å². The zero-order chi connectivity index (χ0) is 22.7. The first-order valence-electron chi connectivity index (χ1n) is 10.7. The highest BCUT2D eigenvalue weighted by atomic mass is 19.1. The average molecular weight is 435 g/mol. The molecule has 0 spiro atoms. The minimum Gasteiger partial charge on any atom is -0.438 e. The Morgan fingerprint density at radius 2 is 1.91 bits per heavy atom. The van der Waals surface area contributed by atoms with Crippen molar-refractivity contribution in [3.63, 3.8) is 0 Å². The molecule has 0 radical (unpaired) electrons. The molecule has 4 rings (SSSR count). The van der Waals surface area contributed by atoms with Crippen LogP contribution in [0.5, 0.6) is 0 Å². The number of carbonyl (C=O) groups is 2. The zero-order valence-corrected chi connectivity index (χ0v) is 18.2. The smallest absolute Gasteiger partial charge is 0.291 e. The fraction of sp³-hybridized carbons (Fsp3) is 0.320. The van der Waals surface area contributed by atoms with Crippen molar-refractivity contribution < 1.29 is 18.4 Å². The Hall–Kier alpha value is -3.48. The lowest BCUT2D eigenvalue weighted by Gasteiger charge is -2.40. The van der Waals surface area contributed by atoms with Crippen LogP contribution in [0.15, 0.2) is 59.3 Å². The number of nitrogens with one attached hydrogen (secondary N) is 1. The molecule has 1 aliphatic rings. The lowest BCUT2D eigenvalue weighted by molar-refractivity contribution is -0.133. The van der Waals surface area contributed by atoms with E-state index < -0.39 is 5.41 Å². The van der Waals surface area contributed by atoms with E-state index in [4.69, 9.17) is 4.42 Å². The third kappa shape index (κ3) is 4.15. The highest BCUT2D eigenvalue weighted by Gasteiger charge is 2.42. The number of benzene rings is 2. The molecule has 2 aromatic carbocycles. The van der Waals surface area contributed by atoms with E-state index in [9.17, 15) is 14.0 Å². The topological polar surface area (TPSA) is 75.4 Å². The SMILES string of the molecule is CNC(=O)C1(Cc2ccccc2-c2cccc(F)c2)CCN(C(=O)c2ocnc2C)CC1. The molecule has 0 bridgehead atoms. The molecule has 1 fully saturated rings. The van der Waals surface area contributed by atoms with Crippen molar-refractivity contribution in [3.05, 3.63) is 77.8 Å². The van der Waals surface area contributed by atoms with Crippen molar-refractivity contribution >= 4 is 11.8 Å². The van der Waals surface area contributed by atoms with Crippen LogP contribution in [-0.4, -0.2) is 41.8 Å². The third-order valence-electron chi connectivity index (χ3n) is 6.34. The van der Waals surface area contributed by atoms with E-state index in [1.807, 2.05) is 30.3 Å². The van der Waals surface area contributed by atoms with Gasteiger partial charge in [-0.25, -0.2) is 9.37 Å². The van der Waals surface area contributed by atoms with Crippen molar-refractivity contribution in [2.45, 2.75) is 26.2 Å². The average Bonchev–Trinajstić information content (AvgIpc) is 3.24. The number of likely N-dealkylation sites (tertiary alicyclic amines) is 1. The van der Waals surface area contributed by atoms with Gasteiger partial charge in [0.1, 0.15) is 5.82 Å². The van der Waals surface area contributed by atoms with Gasteiger partial charge < -0.3 is 14.6 Å². The van der Waals surface area contributed by atoms with Crippen LogP contribution < -0.4 is 5.32 Å². The molecule has 6 nitrogen and oxygen atoms in total. The Bertz CT molecular complexity index is 1130. The number of hydrogen-bond donors (Lipinski definition) is 1. The van der Waals surface area contributed by atoms with Gasteiger partial charge in [-0.1, -0.05) is 36.4 Å². The molecule has 7 heteroatoms. The molecular formula is C25H26FN3O3. The number of aryl methyl sites for hydroxylation is 1. The second-order valence-corrected chi connectivity index (χ2v) is 8.26. The van der Waals surface area contributed by atoms with E-state index in [0.29, 0.717) is 38.0 Å². The number of rotatable bonds is 5. The van der Waals surface area contributed by atoms with Gasteiger partial charge in [-0.3, -0.25) is 9.59 Å². The summed E-state index contributed by atoms with van der Waals surface area (Å²) in [6.45, 7) is 2.61. The first kappa shape index (κ1) is 21.7. The highest BCUT2D eigenvalue weighted by molar-refractivity contribution is 5.92. The maximum atomic E-state index is 13.9. The monoisotopic (exact) mass is 435 g/mol. The summed E-state index contributed by atoms with van der Waals surface area (Å²) in [5.41, 5.74) is 2.56. The van der Waals surface area contributed by atoms with E-state index in [0.717, 1.165) is 16.7 Å². The first-order valence-corrected chi connectivity index (χ1v) is 10.7. The van der Waals surface area contributed by atoms with Crippen LogP contribution in [0.1, 0.15) is 34.7 Å². The van der Waals surface area contributed by atoms with Gasteiger partial charge in [-0.05, 0) is 55.0 Å². The number of aromatic nitrogens is 1. The van der Waals surface area contributed by atoms with Gasteiger partial charge in [0.25, 0.3) is 5.91 Å². The summed E-state index contributed by atoms with van der Waals surface area (Å²) in [7, 11) is 1.64. The molecule has 3 aromatic rings. The van der Waals surface area contributed by atoms with Crippen LogP contribution in [0.2, 0.25) is 0 Å². The van der Waals surface area contributed by atoms with E-state index in [1.165, 1.54) is 18.5 Å². The van der Waals surface area contributed by atoms with Gasteiger partial charge in [-0.15, -0.1) is 0 Å². The molecule has 2 heterocycles. The van der Waals surface area contributed by atoms with Crippen LogP contribution in [0, 0.1) is 18.2 Å². The van der Waals surface area contributed by atoms with E-state index >= 15 is 0 Å². The minimum absolute atomic E-state index is 0.0468. The van der Waals surface area contributed by atoms with Crippen LogP contribution in [-0.2, 0) is 11.2 Å². The summed E-state index contributed by atoms with van der Waals surface area (Å²) in [6, 6.07) is 14.3. The van der Waals surface area contributed by atoms with E-state index in [-0.39, 0.29) is 23.4 Å². The molecule has 0 aliphatic carbocycles. The largest absolute Gasteiger partial charge is 0.438 e. The number of nitrogens with zero attached hydrogens (tertiary/aromatic N) is 2. The lowest BCUT2D eigenvalue weighted by atomic mass is 9.72. The lowest BCUT2D eigenvalue weighted by Crippen LogP contribution is -2.50. The minimum atomic E-state index is -0.661. The van der Waals surface area contributed by atoms with Crippen molar-refractivity contribution in [1.82, 2.24) is 15.2 Å². The molecule has 0 atom stereocenters. The third-order valence-corrected chi connectivity index (χ3v) is 6.34. The summed E-state index contributed by atoms with van der Waals surface area (Å²) in [6.07, 6.45) is 2.81. The number of piperidine rings is 1. The number of hydrogen-bond acceptors (Lipinski definition) is 4. The van der Waals surface area contributed by atoms with Gasteiger partial charge >= 0.3 is 0 Å².